The molecule has 0 saturated heterocycles. The highest BCUT2D eigenvalue weighted by Crippen LogP contribution is 2.38. The van der Waals surface area contributed by atoms with Gasteiger partial charge in [0.25, 0.3) is 10.0 Å². The standard InChI is InChI=1S/C38H44BrN3O8S/c1-38(2,3)40-37(44)32(21-26-11-9-8-10-12-26)41(24-27-13-15-28(39)16-14-27)36(43)25-42(31-22-29(47-4)17-19-33(31)48-5)51(45,46)30-18-20-34(49-6)35(23-30)50-7/h8-20,22-23,32H,21,24-25H2,1-7H3,(H,40,44)/t32-/m1/s1. The Balaban J connectivity index is 1.91. The van der Waals surface area contributed by atoms with Gasteiger partial charge in [0, 0.05) is 35.1 Å². The van der Waals surface area contributed by atoms with Gasteiger partial charge in [0.15, 0.2) is 11.5 Å². The Kier molecular flexibility index (Phi) is 13.0. The minimum Gasteiger partial charge on any atom is -0.497 e. The molecule has 51 heavy (non-hydrogen) atoms. The summed E-state index contributed by atoms with van der Waals surface area (Å²) in [5, 5.41) is 3.03. The van der Waals surface area contributed by atoms with Crippen LogP contribution in [0.1, 0.15) is 31.9 Å². The van der Waals surface area contributed by atoms with E-state index < -0.39 is 34.1 Å². The molecule has 272 valence electrons. The van der Waals surface area contributed by atoms with Crippen LogP contribution in [0.5, 0.6) is 23.0 Å². The van der Waals surface area contributed by atoms with Crippen LogP contribution in [-0.2, 0) is 32.6 Å². The SMILES string of the molecule is COc1ccc(OC)c(N(CC(=O)N(Cc2ccc(Br)cc2)[C@H](Cc2ccccc2)C(=O)NC(C)(C)C)S(=O)(=O)c2ccc(OC)c(OC)c2)c1. The van der Waals surface area contributed by atoms with Gasteiger partial charge in [-0.05, 0) is 68.3 Å². The monoisotopic (exact) mass is 781 g/mol. The summed E-state index contributed by atoms with van der Waals surface area (Å²) in [6.45, 7) is 4.90. The van der Waals surface area contributed by atoms with E-state index in [2.05, 4.69) is 21.2 Å². The lowest BCUT2D eigenvalue weighted by atomic mass is 10.0. The van der Waals surface area contributed by atoms with E-state index in [1.54, 1.807) is 12.1 Å². The molecule has 0 aliphatic heterocycles. The first-order valence-electron chi connectivity index (χ1n) is 16.1. The molecule has 1 atom stereocenters. The van der Waals surface area contributed by atoms with Crippen LogP contribution >= 0.6 is 15.9 Å². The number of carbonyl (C=O) groups is 2. The van der Waals surface area contributed by atoms with Gasteiger partial charge < -0.3 is 29.2 Å². The summed E-state index contributed by atoms with van der Waals surface area (Å²) in [5.74, 6) is 0.0118. The van der Waals surface area contributed by atoms with Crippen molar-refractivity contribution in [3.63, 3.8) is 0 Å². The van der Waals surface area contributed by atoms with E-state index in [9.17, 15) is 18.0 Å². The van der Waals surface area contributed by atoms with Crippen LogP contribution in [0.25, 0.3) is 0 Å². The summed E-state index contributed by atoms with van der Waals surface area (Å²) in [4.78, 5) is 30.3. The predicted molar refractivity (Wildman–Crippen MR) is 200 cm³/mol. The number of amides is 2. The Labute approximate surface area is 308 Å². The third-order valence-corrected chi connectivity index (χ3v) is 10.2. The third kappa shape index (κ3) is 9.95. The summed E-state index contributed by atoms with van der Waals surface area (Å²) in [6, 6.07) is 24.6. The normalized spacial score (nSPS) is 12.0. The highest BCUT2D eigenvalue weighted by Gasteiger charge is 2.37. The van der Waals surface area contributed by atoms with E-state index in [1.807, 2.05) is 75.4 Å². The molecule has 4 aromatic carbocycles. The largest absolute Gasteiger partial charge is 0.497 e. The zero-order valence-electron chi connectivity index (χ0n) is 29.8. The first-order valence-corrected chi connectivity index (χ1v) is 18.3. The minimum absolute atomic E-state index is 0.0146. The third-order valence-electron chi connectivity index (χ3n) is 7.91. The molecule has 13 heteroatoms. The average molecular weight is 783 g/mol. The van der Waals surface area contributed by atoms with Crippen LogP contribution in [0.4, 0.5) is 5.69 Å². The number of sulfonamides is 1. The van der Waals surface area contributed by atoms with Crippen molar-refractivity contribution >= 4 is 43.5 Å². The number of nitrogens with one attached hydrogen (secondary N) is 1. The molecule has 0 spiro atoms. The fourth-order valence-electron chi connectivity index (χ4n) is 5.40. The maximum atomic E-state index is 14.9. The molecular formula is C38H44BrN3O8S. The molecule has 11 nitrogen and oxygen atoms in total. The van der Waals surface area contributed by atoms with E-state index in [0.717, 1.165) is 19.9 Å². The summed E-state index contributed by atoms with van der Waals surface area (Å²) in [7, 11) is 1.20. The second kappa shape index (κ2) is 17.0. The van der Waals surface area contributed by atoms with Crippen LogP contribution in [0.3, 0.4) is 0 Å². The van der Waals surface area contributed by atoms with E-state index in [-0.39, 0.29) is 41.0 Å². The number of nitrogens with zero attached hydrogens (tertiary/aromatic N) is 2. The predicted octanol–water partition coefficient (Wildman–Crippen LogP) is 6.23. The molecule has 4 rings (SSSR count). The van der Waals surface area contributed by atoms with E-state index in [1.165, 1.54) is 57.6 Å². The first kappa shape index (κ1) is 39.0. The number of anilines is 1. The van der Waals surface area contributed by atoms with Crippen LogP contribution in [0.2, 0.25) is 0 Å². The van der Waals surface area contributed by atoms with Gasteiger partial charge in [0.1, 0.15) is 24.1 Å². The molecule has 0 heterocycles. The number of carbonyl (C=O) groups excluding carboxylic acids is 2. The summed E-state index contributed by atoms with van der Waals surface area (Å²) >= 11 is 3.46. The van der Waals surface area contributed by atoms with Crippen molar-refractivity contribution < 1.29 is 37.0 Å². The van der Waals surface area contributed by atoms with Gasteiger partial charge in [-0.2, -0.15) is 0 Å². The number of rotatable bonds is 15. The van der Waals surface area contributed by atoms with E-state index in [4.69, 9.17) is 18.9 Å². The lowest BCUT2D eigenvalue weighted by molar-refractivity contribution is -0.140. The minimum atomic E-state index is -4.50. The van der Waals surface area contributed by atoms with Crippen LogP contribution in [-0.4, -0.2) is 71.7 Å². The second-order valence-electron chi connectivity index (χ2n) is 12.7. The van der Waals surface area contributed by atoms with Crippen molar-refractivity contribution in [2.45, 2.75) is 50.2 Å². The lowest BCUT2D eigenvalue weighted by Gasteiger charge is -2.35. The molecule has 0 aromatic heterocycles. The van der Waals surface area contributed by atoms with Gasteiger partial charge in [0.2, 0.25) is 11.8 Å². The molecule has 2 amide bonds. The zero-order valence-corrected chi connectivity index (χ0v) is 32.2. The Morgan fingerprint density at radius 2 is 1.39 bits per heavy atom. The molecule has 0 aliphatic carbocycles. The molecule has 0 radical (unpaired) electrons. The highest BCUT2D eigenvalue weighted by molar-refractivity contribution is 9.10. The molecule has 1 N–H and O–H groups in total. The van der Waals surface area contributed by atoms with E-state index >= 15 is 0 Å². The van der Waals surface area contributed by atoms with Gasteiger partial charge in [-0.1, -0.05) is 58.4 Å². The smallest absolute Gasteiger partial charge is 0.265 e. The number of benzene rings is 4. The lowest BCUT2D eigenvalue weighted by Crippen LogP contribution is -2.56. The maximum Gasteiger partial charge on any atom is 0.265 e. The van der Waals surface area contributed by atoms with Gasteiger partial charge in [-0.3, -0.25) is 13.9 Å². The number of methoxy groups -OCH3 is 4. The van der Waals surface area contributed by atoms with Crippen LogP contribution < -0.4 is 28.6 Å². The summed E-state index contributed by atoms with van der Waals surface area (Å²) < 4.78 is 53.0. The number of hydrogen-bond donors (Lipinski definition) is 1. The number of halogens is 1. The molecule has 0 bridgehead atoms. The van der Waals surface area contributed by atoms with Crippen LogP contribution in [0.15, 0.2) is 100 Å². The fourth-order valence-corrected chi connectivity index (χ4v) is 7.10. The topological polar surface area (TPSA) is 124 Å². The Morgan fingerprint density at radius 1 is 0.765 bits per heavy atom. The zero-order chi connectivity index (χ0) is 37.3. The van der Waals surface area contributed by atoms with Crippen molar-refractivity contribution in [1.29, 1.82) is 0 Å². The molecule has 0 aliphatic rings. The Bertz CT molecular complexity index is 1920. The molecule has 4 aromatic rings. The average Bonchev–Trinajstić information content (AvgIpc) is 3.11. The van der Waals surface area contributed by atoms with Crippen LogP contribution in [0, 0.1) is 0 Å². The van der Waals surface area contributed by atoms with Gasteiger partial charge in [0.05, 0.1) is 39.0 Å². The first-order chi connectivity index (χ1) is 24.2. The van der Waals surface area contributed by atoms with Crippen molar-refractivity contribution in [3.8, 4) is 23.0 Å². The quantitative estimate of drug-likeness (QED) is 0.151. The molecule has 0 fully saturated rings. The van der Waals surface area contributed by atoms with Crippen molar-refractivity contribution in [3.05, 3.63) is 107 Å². The van der Waals surface area contributed by atoms with Crippen molar-refractivity contribution in [2.24, 2.45) is 0 Å². The highest BCUT2D eigenvalue weighted by atomic mass is 79.9. The Hall–Kier alpha value is -4.75. The molecule has 0 unspecified atom stereocenters. The van der Waals surface area contributed by atoms with Crippen molar-refractivity contribution in [1.82, 2.24) is 10.2 Å². The number of hydrogen-bond acceptors (Lipinski definition) is 8. The van der Waals surface area contributed by atoms with Gasteiger partial charge in [-0.25, -0.2) is 8.42 Å². The summed E-state index contributed by atoms with van der Waals surface area (Å²) in [6.07, 6.45) is 0.177. The van der Waals surface area contributed by atoms with Gasteiger partial charge in [-0.15, -0.1) is 0 Å². The second-order valence-corrected chi connectivity index (χ2v) is 15.4. The molecular weight excluding hydrogens is 738 g/mol. The Morgan fingerprint density at radius 3 is 1.98 bits per heavy atom. The number of ether oxygens (including phenoxy) is 4. The summed E-state index contributed by atoms with van der Waals surface area (Å²) in [5.41, 5.74) is 1.00. The fraction of sp³-hybridized carbons (Fsp3) is 0.316. The van der Waals surface area contributed by atoms with Crippen molar-refractivity contribution in [2.75, 3.05) is 39.3 Å². The molecule has 0 saturated carbocycles. The van der Waals surface area contributed by atoms with Gasteiger partial charge >= 0.3 is 0 Å². The maximum absolute atomic E-state index is 14.9. The van der Waals surface area contributed by atoms with E-state index in [0.29, 0.717) is 11.5 Å².